The Balaban J connectivity index is 1.51. The molecule has 3 aromatic rings. The molecule has 0 fully saturated rings. The van der Waals surface area contributed by atoms with Gasteiger partial charge in [0.15, 0.2) is 16.6 Å². The molecule has 0 radical (unpaired) electrons. The molecule has 4 rings (SSSR count). The first-order valence-corrected chi connectivity index (χ1v) is 12.1. The normalized spacial score (nSPS) is 12.3. The molecule has 0 saturated carbocycles. The predicted octanol–water partition coefficient (Wildman–Crippen LogP) is 3.26. The van der Waals surface area contributed by atoms with Crippen molar-refractivity contribution in [3.63, 3.8) is 0 Å². The minimum absolute atomic E-state index is 0.146. The smallest absolute Gasteiger partial charge is 0.253 e. The van der Waals surface area contributed by atoms with Gasteiger partial charge in [-0.15, -0.1) is 0 Å². The van der Waals surface area contributed by atoms with Crippen molar-refractivity contribution in [2.24, 2.45) is 0 Å². The van der Waals surface area contributed by atoms with E-state index in [4.69, 9.17) is 21.7 Å². The van der Waals surface area contributed by atoms with Crippen molar-refractivity contribution in [2.75, 3.05) is 33.0 Å². The number of benzene rings is 1. The molecule has 2 N–H and O–H groups in total. The van der Waals surface area contributed by atoms with Crippen LogP contribution in [0.2, 0.25) is 0 Å². The zero-order valence-corrected chi connectivity index (χ0v) is 20.5. The largest absolute Gasteiger partial charge is 0.454 e. The summed E-state index contributed by atoms with van der Waals surface area (Å²) in [5, 5.41) is 4.89. The van der Waals surface area contributed by atoms with Gasteiger partial charge in [-0.25, -0.2) is 0 Å². The number of nitrogens with zero attached hydrogens (tertiary/aromatic N) is 3. The summed E-state index contributed by atoms with van der Waals surface area (Å²) >= 11 is 5.75. The van der Waals surface area contributed by atoms with Gasteiger partial charge in [0.1, 0.15) is 0 Å². The molecule has 0 saturated heterocycles. The number of aromatic nitrogens is 2. The van der Waals surface area contributed by atoms with E-state index in [1.54, 1.807) is 12.3 Å². The zero-order valence-electron chi connectivity index (χ0n) is 19.7. The lowest BCUT2D eigenvalue weighted by Crippen LogP contribution is -2.41. The number of thiocarbonyl (C=S) groups is 1. The minimum Gasteiger partial charge on any atom is -0.454 e. The summed E-state index contributed by atoms with van der Waals surface area (Å²) in [5.41, 5.74) is 2.22. The Labute approximate surface area is 204 Å². The lowest BCUT2D eigenvalue weighted by Gasteiger charge is -2.26. The number of H-pyrrole nitrogens is 1. The molecule has 3 heterocycles. The Morgan fingerprint density at radius 2 is 1.97 bits per heavy atom. The van der Waals surface area contributed by atoms with Crippen LogP contribution in [0.4, 0.5) is 0 Å². The molecule has 1 aliphatic heterocycles. The van der Waals surface area contributed by atoms with E-state index in [9.17, 15) is 4.79 Å². The highest BCUT2D eigenvalue weighted by Crippen LogP contribution is 2.35. The summed E-state index contributed by atoms with van der Waals surface area (Å²) in [4.78, 5) is 24.5. The van der Waals surface area contributed by atoms with E-state index in [2.05, 4.69) is 34.0 Å². The van der Waals surface area contributed by atoms with Crippen LogP contribution >= 0.6 is 12.2 Å². The van der Waals surface area contributed by atoms with Gasteiger partial charge < -0.3 is 29.6 Å². The third kappa shape index (κ3) is 5.84. The van der Waals surface area contributed by atoms with E-state index < -0.39 is 0 Å². The Morgan fingerprint density at radius 1 is 1.18 bits per heavy atom. The highest BCUT2D eigenvalue weighted by Gasteiger charge is 2.18. The first kappa shape index (κ1) is 24.0. The van der Waals surface area contributed by atoms with Gasteiger partial charge >= 0.3 is 0 Å². The lowest BCUT2D eigenvalue weighted by atomic mass is 10.1. The fourth-order valence-electron chi connectivity index (χ4n) is 4.03. The molecule has 1 aromatic carbocycles. The third-order valence-electron chi connectivity index (χ3n) is 5.98. The monoisotopic (exact) mass is 481 g/mol. The summed E-state index contributed by atoms with van der Waals surface area (Å²) in [6.45, 7) is 9.33. The van der Waals surface area contributed by atoms with Gasteiger partial charge in [0.25, 0.3) is 5.56 Å². The molecule has 34 heavy (non-hydrogen) atoms. The average molecular weight is 482 g/mol. The molecule has 9 heteroatoms. The number of fused-ring (bicyclic) bond motifs is 2. The first-order chi connectivity index (χ1) is 16.6. The van der Waals surface area contributed by atoms with Gasteiger partial charge in [0.2, 0.25) is 6.79 Å². The molecular formula is C25H31N5O3S. The van der Waals surface area contributed by atoms with Gasteiger partial charge in [-0.3, -0.25) is 9.78 Å². The SMILES string of the molecule is CCN(CC)CCCNC(=S)N(Cc1cccnc1)Cc1cc2cc3c(cc2[nH]c1=O)OCO3. The summed E-state index contributed by atoms with van der Waals surface area (Å²) < 4.78 is 10.9. The van der Waals surface area contributed by atoms with Crippen molar-refractivity contribution in [3.8, 4) is 11.5 Å². The summed E-state index contributed by atoms with van der Waals surface area (Å²) in [7, 11) is 0. The van der Waals surface area contributed by atoms with Crippen LogP contribution in [0, 0.1) is 0 Å². The number of ether oxygens (including phenoxy) is 2. The fraction of sp³-hybridized carbons (Fsp3) is 0.400. The Kier molecular flexibility index (Phi) is 7.97. The Bertz CT molecular complexity index is 1180. The topological polar surface area (TPSA) is 82.7 Å². The van der Waals surface area contributed by atoms with E-state index in [1.165, 1.54) is 0 Å². The van der Waals surface area contributed by atoms with E-state index in [0.717, 1.165) is 43.5 Å². The maximum absolute atomic E-state index is 12.9. The number of hydrogen-bond acceptors (Lipinski definition) is 6. The van der Waals surface area contributed by atoms with Crippen LogP contribution in [-0.4, -0.2) is 57.9 Å². The second-order valence-electron chi connectivity index (χ2n) is 8.25. The summed E-state index contributed by atoms with van der Waals surface area (Å²) in [6.07, 6.45) is 4.56. The molecule has 0 aliphatic carbocycles. The number of hydrogen-bond donors (Lipinski definition) is 2. The van der Waals surface area contributed by atoms with Crippen LogP contribution in [-0.2, 0) is 13.1 Å². The Morgan fingerprint density at radius 3 is 2.71 bits per heavy atom. The number of pyridine rings is 2. The molecule has 8 nitrogen and oxygen atoms in total. The van der Waals surface area contributed by atoms with Gasteiger partial charge in [-0.1, -0.05) is 19.9 Å². The number of rotatable bonds is 10. The standard InChI is InChI=1S/C25H31N5O3S/c1-3-29(4-2)10-6-9-27-25(34)30(15-18-7-5-8-26-14-18)16-20-11-19-12-22-23(33-17-32-22)13-21(19)28-24(20)31/h5,7-8,11-14H,3-4,6,9-10,15-17H2,1-2H3,(H,27,34)(H,28,31). The van der Waals surface area contributed by atoms with Gasteiger partial charge in [0.05, 0.1) is 12.1 Å². The molecule has 2 aromatic heterocycles. The van der Waals surface area contributed by atoms with E-state index in [-0.39, 0.29) is 12.4 Å². The van der Waals surface area contributed by atoms with Crippen LogP contribution in [0.15, 0.2) is 47.5 Å². The second kappa shape index (κ2) is 11.3. The van der Waals surface area contributed by atoms with Crippen molar-refractivity contribution in [1.82, 2.24) is 25.1 Å². The fourth-order valence-corrected chi connectivity index (χ4v) is 4.26. The molecule has 180 valence electrons. The van der Waals surface area contributed by atoms with Crippen LogP contribution in [0.3, 0.4) is 0 Å². The predicted molar refractivity (Wildman–Crippen MR) is 137 cm³/mol. The highest BCUT2D eigenvalue weighted by atomic mass is 32.1. The summed E-state index contributed by atoms with van der Waals surface area (Å²) in [6, 6.07) is 9.51. The maximum Gasteiger partial charge on any atom is 0.253 e. The highest BCUT2D eigenvalue weighted by molar-refractivity contribution is 7.80. The maximum atomic E-state index is 12.9. The van der Waals surface area contributed by atoms with Crippen molar-refractivity contribution in [3.05, 3.63) is 64.2 Å². The van der Waals surface area contributed by atoms with Crippen LogP contribution in [0.5, 0.6) is 11.5 Å². The third-order valence-corrected chi connectivity index (χ3v) is 6.38. The molecule has 1 aliphatic rings. The second-order valence-corrected chi connectivity index (χ2v) is 8.63. The summed E-state index contributed by atoms with van der Waals surface area (Å²) in [5.74, 6) is 1.33. The number of nitrogens with one attached hydrogen (secondary N) is 2. The van der Waals surface area contributed by atoms with Crippen molar-refractivity contribution >= 4 is 28.2 Å². The van der Waals surface area contributed by atoms with Crippen LogP contribution in [0.1, 0.15) is 31.4 Å². The minimum atomic E-state index is -0.146. The Hall–Kier alpha value is -3.17. The van der Waals surface area contributed by atoms with Gasteiger partial charge in [-0.05, 0) is 62.0 Å². The first-order valence-electron chi connectivity index (χ1n) is 11.7. The van der Waals surface area contributed by atoms with Gasteiger partial charge in [-0.2, -0.15) is 0 Å². The van der Waals surface area contributed by atoms with Crippen molar-refractivity contribution in [1.29, 1.82) is 0 Å². The molecule has 0 spiro atoms. The molecule has 0 unspecified atom stereocenters. The molecule has 0 amide bonds. The molecular weight excluding hydrogens is 450 g/mol. The van der Waals surface area contributed by atoms with Gasteiger partial charge in [0, 0.05) is 42.5 Å². The average Bonchev–Trinajstić information content (AvgIpc) is 3.30. The van der Waals surface area contributed by atoms with E-state index in [1.807, 2.05) is 35.4 Å². The van der Waals surface area contributed by atoms with E-state index >= 15 is 0 Å². The van der Waals surface area contributed by atoms with Crippen molar-refractivity contribution < 1.29 is 9.47 Å². The lowest BCUT2D eigenvalue weighted by molar-refractivity contribution is 0.174. The molecule has 0 bridgehead atoms. The van der Waals surface area contributed by atoms with E-state index in [0.29, 0.717) is 40.8 Å². The van der Waals surface area contributed by atoms with Crippen molar-refractivity contribution in [2.45, 2.75) is 33.4 Å². The molecule has 0 atom stereocenters. The quantitative estimate of drug-likeness (QED) is 0.337. The van der Waals surface area contributed by atoms with Crippen LogP contribution < -0.4 is 20.3 Å². The van der Waals surface area contributed by atoms with Crippen LogP contribution in [0.25, 0.3) is 10.9 Å². The number of aromatic amines is 1. The zero-order chi connectivity index (χ0) is 23.9.